The van der Waals surface area contributed by atoms with Crippen molar-refractivity contribution in [3.05, 3.63) is 0 Å². The highest BCUT2D eigenvalue weighted by molar-refractivity contribution is 5.73. The van der Waals surface area contributed by atoms with Crippen LogP contribution in [0.25, 0.3) is 0 Å². The van der Waals surface area contributed by atoms with E-state index in [1.54, 1.807) is 0 Å². The Bertz CT molecular complexity index is 236. The number of hydrogen-bond donors (Lipinski definition) is 1. The third-order valence-electron chi connectivity index (χ3n) is 4.20. The summed E-state index contributed by atoms with van der Waals surface area (Å²) in [7, 11) is 0. The van der Waals surface area contributed by atoms with Crippen molar-refractivity contribution in [3.63, 3.8) is 0 Å². The fraction of sp³-hybridized carbons (Fsp3) is 0.923. The lowest BCUT2D eigenvalue weighted by atomic mass is 9.87. The van der Waals surface area contributed by atoms with Crippen molar-refractivity contribution < 1.29 is 9.90 Å². The van der Waals surface area contributed by atoms with Crippen LogP contribution >= 0.6 is 0 Å². The molecule has 1 N–H and O–H groups in total. The van der Waals surface area contributed by atoms with Gasteiger partial charge in [-0.2, -0.15) is 0 Å². The molecule has 16 heavy (non-hydrogen) atoms. The summed E-state index contributed by atoms with van der Waals surface area (Å²) in [5.74, 6) is 0.241. The molecular weight excluding hydrogens is 202 g/mol. The topological polar surface area (TPSA) is 40.5 Å². The molecule has 92 valence electrons. The number of nitrogens with zero attached hydrogens (tertiary/aromatic N) is 1. The lowest BCUT2D eigenvalue weighted by Gasteiger charge is -2.26. The van der Waals surface area contributed by atoms with E-state index >= 15 is 0 Å². The summed E-state index contributed by atoms with van der Waals surface area (Å²) in [5, 5.41) is 9.08. The van der Waals surface area contributed by atoms with Crippen molar-refractivity contribution in [2.75, 3.05) is 13.1 Å². The summed E-state index contributed by atoms with van der Waals surface area (Å²) in [4.78, 5) is 13.2. The van der Waals surface area contributed by atoms with Crippen molar-refractivity contribution in [3.8, 4) is 0 Å². The van der Waals surface area contributed by atoms with Crippen LogP contribution in [0.4, 0.5) is 0 Å². The fourth-order valence-corrected chi connectivity index (χ4v) is 3.20. The zero-order valence-electron chi connectivity index (χ0n) is 10.0. The Hall–Kier alpha value is -0.570. The maximum absolute atomic E-state index is 11.0. The smallest absolute Gasteiger partial charge is 0.320 e. The second-order valence-electron chi connectivity index (χ2n) is 5.32. The second kappa shape index (κ2) is 5.67. The number of hydrogen-bond acceptors (Lipinski definition) is 2. The summed E-state index contributed by atoms with van der Waals surface area (Å²) in [5.41, 5.74) is 0. The molecule has 0 aromatic carbocycles. The molecule has 1 aliphatic carbocycles. The minimum atomic E-state index is -0.624. The molecule has 1 saturated heterocycles. The van der Waals surface area contributed by atoms with Gasteiger partial charge in [-0.25, -0.2) is 0 Å². The van der Waals surface area contributed by atoms with Gasteiger partial charge in [0, 0.05) is 0 Å². The van der Waals surface area contributed by atoms with Gasteiger partial charge in [0.25, 0.3) is 0 Å². The molecule has 2 aliphatic rings. The molecule has 1 atom stereocenters. The molecule has 1 saturated carbocycles. The number of carbonyl (C=O) groups is 1. The van der Waals surface area contributed by atoms with Crippen molar-refractivity contribution in [1.82, 2.24) is 4.90 Å². The van der Waals surface area contributed by atoms with Gasteiger partial charge in [-0.15, -0.1) is 0 Å². The zero-order valence-corrected chi connectivity index (χ0v) is 10.0. The third kappa shape index (κ3) is 2.97. The molecule has 0 amide bonds. The quantitative estimate of drug-likeness (QED) is 0.799. The van der Waals surface area contributed by atoms with Gasteiger partial charge >= 0.3 is 5.97 Å². The molecule has 0 aromatic heterocycles. The summed E-state index contributed by atoms with van der Waals surface area (Å²) >= 11 is 0. The van der Waals surface area contributed by atoms with Gasteiger partial charge in [-0.1, -0.05) is 32.1 Å². The minimum absolute atomic E-state index is 0.191. The van der Waals surface area contributed by atoms with Crippen molar-refractivity contribution in [2.24, 2.45) is 5.92 Å². The molecule has 0 radical (unpaired) electrons. The SMILES string of the molecule is O=C(O)[C@H]1CCCN1CCC1CCCCC1. The van der Waals surface area contributed by atoms with Gasteiger partial charge in [-0.05, 0) is 38.3 Å². The van der Waals surface area contributed by atoms with Gasteiger partial charge in [0.05, 0.1) is 0 Å². The van der Waals surface area contributed by atoms with Gasteiger partial charge in [0.2, 0.25) is 0 Å². The predicted octanol–water partition coefficient (Wildman–Crippen LogP) is 2.51. The number of rotatable bonds is 4. The van der Waals surface area contributed by atoms with E-state index in [9.17, 15) is 4.79 Å². The molecule has 0 aromatic rings. The van der Waals surface area contributed by atoms with Crippen molar-refractivity contribution in [2.45, 2.75) is 57.4 Å². The summed E-state index contributed by atoms with van der Waals surface area (Å²) in [6.07, 6.45) is 10.0. The lowest BCUT2D eigenvalue weighted by Crippen LogP contribution is -2.37. The van der Waals surface area contributed by atoms with E-state index in [1.165, 1.54) is 38.5 Å². The first-order valence-electron chi connectivity index (χ1n) is 6.74. The van der Waals surface area contributed by atoms with Crippen LogP contribution in [0.3, 0.4) is 0 Å². The Labute approximate surface area is 97.8 Å². The predicted molar refractivity (Wildman–Crippen MR) is 63.4 cm³/mol. The number of carboxylic acids is 1. The van der Waals surface area contributed by atoms with Gasteiger partial charge < -0.3 is 5.11 Å². The minimum Gasteiger partial charge on any atom is -0.480 e. The van der Waals surface area contributed by atoms with E-state index in [-0.39, 0.29) is 6.04 Å². The molecule has 3 heteroatoms. The Morgan fingerprint density at radius 3 is 2.56 bits per heavy atom. The van der Waals surface area contributed by atoms with Crippen molar-refractivity contribution >= 4 is 5.97 Å². The number of aliphatic carboxylic acids is 1. The lowest BCUT2D eigenvalue weighted by molar-refractivity contribution is -0.142. The molecule has 2 rings (SSSR count). The number of carboxylic acid groups (broad SMARTS) is 1. The second-order valence-corrected chi connectivity index (χ2v) is 5.32. The molecule has 3 nitrogen and oxygen atoms in total. The maximum atomic E-state index is 11.0. The fourth-order valence-electron chi connectivity index (χ4n) is 3.20. The molecule has 1 heterocycles. The first-order valence-corrected chi connectivity index (χ1v) is 6.74. The third-order valence-corrected chi connectivity index (χ3v) is 4.20. The highest BCUT2D eigenvalue weighted by Gasteiger charge is 2.30. The van der Waals surface area contributed by atoms with Crippen LogP contribution in [0.5, 0.6) is 0 Å². The Kier molecular flexibility index (Phi) is 4.22. The summed E-state index contributed by atoms with van der Waals surface area (Å²) in [6, 6.07) is -0.191. The van der Waals surface area contributed by atoms with E-state index in [4.69, 9.17) is 5.11 Å². The zero-order chi connectivity index (χ0) is 11.4. The van der Waals surface area contributed by atoms with Crippen LogP contribution < -0.4 is 0 Å². The average molecular weight is 225 g/mol. The number of likely N-dealkylation sites (tertiary alicyclic amines) is 1. The first kappa shape index (κ1) is 11.9. The largest absolute Gasteiger partial charge is 0.480 e. The van der Waals surface area contributed by atoms with Crippen LogP contribution in [0, 0.1) is 5.92 Å². The van der Waals surface area contributed by atoms with Gasteiger partial charge in [-0.3, -0.25) is 9.69 Å². The summed E-state index contributed by atoms with van der Waals surface area (Å²) in [6.45, 7) is 1.99. The van der Waals surface area contributed by atoms with Crippen LogP contribution in [0.15, 0.2) is 0 Å². The van der Waals surface area contributed by atoms with E-state index < -0.39 is 5.97 Å². The average Bonchev–Trinajstić information content (AvgIpc) is 2.76. The maximum Gasteiger partial charge on any atom is 0.320 e. The van der Waals surface area contributed by atoms with Crippen LogP contribution in [0.2, 0.25) is 0 Å². The molecule has 0 bridgehead atoms. The first-order chi connectivity index (χ1) is 7.77. The van der Waals surface area contributed by atoms with Gasteiger partial charge in [0.1, 0.15) is 6.04 Å². The van der Waals surface area contributed by atoms with Crippen LogP contribution in [0.1, 0.15) is 51.4 Å². The van der Waals surface area contributed by atoms with E-state index in [2.05, 4.69) is 4.90 Å². The highest BCUT2D eigenvalue weighted by Crippen LogP contribution is 2.27. The normalized spacial score (nSPS) is 28.4. The van der Waals surface area contributed by atoms with Gasteiger partial charge in [0.15, 0.2) is 0 Å². The Balaban J connectivity index is 1.73. The highest BCUT2D eigenvalue weighted by atomic mass is 16.4. The van der Waals surface area contributed by atoms with E-state index in [0.29, 0.717) is 0 Å². The standard InChI is InChI=1S/C13H23NO2/c15-13(16)12-7-4-9-14(12)10-8-11-5-2-1-3-6-11/h11-12H,1-10H2,(H,15,16)/t12-/m1/s1. The molecule has 0 spiro atoms. The van der Waals surface area contributed by atoms with E-state index in [1.807, 2.05) is 0 Å². The van der Waals surface area contributed by atoms with E-state index in [0.717, 1.165) is 31.8 Å². The molecular formula is C13H23NO2. The molecule has 1 aliphatic heterocycles. The molecule has 0 unspecified atom stereocenters. The Morgan fingerprint density at radius 1 is 1.12 bits per heavy atom. The summed E-state index contributed by atoms with van der Waals surface area (Å²) < 4.78 is 0. The Morgan fingerprint density at radius 2 is 1.88 bits per heavy atom. The van der Waals surface area contributed by atoms with Crippen molar-refractivity contribution in [1.29, 1.82) is 0 Å². The molecule has 2 fully saturated rings. The monoisotopic (exact) mass is 225 g/mol. The van der Waals surface area contributed by atoms with Crippen LogP contribution in [-0.4, -0.2) is 35.1 Å². The van der Waals surface area contributed by atoms with Crippen LogP contribution in [-0.2, 0) is 4.79 Å².